The maximum atomic E-state index is 11.6. The molecular formula is C15H18BrN3O2. The normalized spacial score (nSPS) is 15.4. The van der Waals surface area contributed by atoms with E-state index in [2.05, 4.69) is 27.3 Å². The van der Waals surface area contributed by atoms with Crippen LogP contribution >= 0.6 is 15.9 Å². The summed E-state index contributed by atoms with van der Waals surface area (Å²) in [7, 11) is 0. The fourth-order valence-corrected chi connectivity index (χ4v) is 2.82. The fourth-order valence-electron chi connectivity index (χ4n) is 2.35. The molecule has 0 unspecified atom stereocenters. The number of halogens is 1. The minimum atomic E-state index is -0.225. The lowest BCUT2D eigenvalue weighted by Crippen LogP contribution is -2.42. The predicted molar refractivity (Wildman–Crippen MR) is 84.1 cm³/mol. The number of carbonyl (C=O) groups excluding carboxylic acids is 1. The van der Waals surface area contributed by atoms with Gasteiger partial charge in [-0.25, -0.2) is 4.79 Å². The van der Waals surface area contributed by atoms with Crippen molar-refractivity contribution in [1.82, 2.24) is 4.90 Å². The van der Waals surface area contributed by atoms with E-state index in [0.717, 1.165) is 23.0 Å². The van der Waals surface area contributed by atoms with Crippen molar-refractivity contribution in [3.63, 3.8) is 0 Å². The maximum Gasteiger partial charge on any atom is 0.409 e. The lowest BCUT2D eigenvalue weighted by Gasteiger charge is -2.32. The van der Waals surface area contributed by atoms with E-state index in [9.17, 15) is 4.79 Å². The van der Waals surface area contributed by atoms with Crippen molar-refractivity contribution in [3.05, 3.63) is 28.2 Å². The molecule has 21 heavy (non-hydrogen) atoms. The molecule has 1 aromatic rings. The van der Waals surface area contributed by atoms with E-state index in [0.29, 0.717) is 31.3 Å². The molecule has 1 aliphatic rings. The summed E-state index contributed by atoms with van der Waals surface area (Å²) in [6.07, 6.45) is 1.55. The smallest absolute Gasteiger partial charge is 0.409 e. The van der Waals surface area contributed by atoms with Gasteiger partial charge >= 0.3 is 6.09 Å². The van der Waals surface area contributed by atoms with Crippen LogP contribution in [0.15, 0.2) is 22.7 Å². The molecule has 6 heteroatoms. The van der Waals surface area contributed by atoms with Crippen LogP contribution in [0.1, 0.15) is 25.3 Å². The summed E-state index contributed by atoms with van der Waals surface area (Å²) in [6.45, 7) is 3.63. The van der Waals surface area contributed by atoms with Crippen molar-refractivity contribution in [1.29, 1.82) is 5.26 Å². The molecular weight excluding hydrogens is 334 g/mol. The summed E-state index contributed by atoms with van der Waals surface area (Å²) in [5.74, 6) is 0. The number of ether oxygens (including phenoxy) is 1. The first-order chi connectivity index (χ1) is 10.1. The number of hydrogen-bond acceptors (Lipinski definition) is 4. The summed E-state index contributed by atoms with van der Waals surface area (Å²) >= 11 is 3.39. The van der Waals surface area contributed by atoms with Gasteiger partial charge in [-0.15, -0.1) is 0 Å². The molecule has 0 atom stereocenters. The number of benzene rings is 1. The molecule has 0 aromatic heterocycles. The highest BCUT2D eigenvalue weighted by molar-refractivity contribution is 9.10. The third kappa shape index (κ3) is 4.11. The highest BCUT2D eigenvalue weighted by Crippen LogP contribution is 2.23. The van der Waals surface area contributed by atoms with Crippen LogP contribution < -0.4 is 5.32 Å². The Morgan fingerprint density at radius 3 is 2.81 bits per heavy atom. The van der Waals surface area contributed by atoms with Crippen LogP contribution in [0.2, 0.25) is 0 Å². The average Bonchev–Trinajstić information content (AvgIpc) is 2.48. The van der Waals surface area contributed by atoms with E-state index in [4.69, 9.17) is 10.00 Å². The van der Waals surface area contributed by atoms with Gasteiger partial charge in [0.2, 0.25) is 0 Å². The van der Waals surface area contributed by atoms with Crippen LogP contribution in [-0.4, -0.2) is 36.7 Å². The molecule has 1 saturated heterocycles. The highest BCUT2D eigenvalue weighted by Gasteiger charge is 2.23. The number of carbonyl (C=O) groups is 1. The van der Waals surface area contributed by atoms with Gasteiger partial charge in [0.05, 0.1) is 12.2 Å². The number of hydrogen-bond donors (Lipinski definition) is 1. The zero-order valence-electron chi connectivity index (χ0n) is 11.9. The molecule has 112 valence electrons. The topological polar surface area (TPSA) is 65.4 Å². The molecule has 0 bridgehead atoms. The number of likely N-dealkylation sites (tertiary alicyclic amines) is 1. The minimum absolute atomic E-state index is 0.225. The standard InChI is InChI=1S/C15H18BrN3O2/c1-2-21-15(20)19-7-5-12(6-8-19)18-13-4-3-11(10-17)14(16)9-13/h3-4,9,12,18H,2,5-8H2,1H3. The summed E-state index contributed by atoms with van der Waals surface area (Å²) in [6, 6.07) is 8.06. The minimum Gasteiger partial charge on any atom is -0.450 e. The van der Waals surface area contributed by atoms with Gasteiger partial charge in [0.25, 0.3) is 0 Å². The largest absolute Gasteiger partial charge is 0.450 e. The van der Waals surface area contributed by atoms with Gasteiger partial charge in [-0.05, 0) is 53.9 Å². The van der Waals surface area contributed by atoms with Gasteiger partial charge in [-0.2, -0.15) is 5.26 Å². The molecule has 1 fully saturated rings. The Hall–Kier alpha value is -1.74. The molecule has 1 amide bonds. The Labute approximate surface area is 133 Å². The van der Waals surface area contributed by atoms with Crippen LogP contribution in [0.5, 0.6) is 0 Å². The van der Waals surface area contributed by atoms with Crippen LogP contribution in [0.25, 0.3) is 0 Å². The summed E-state index contributed by atoms with van der Waals surface area (Å²) in [5.41, 5.74) is 1.60. The second-order valence-corrected chi connectivity index (χ2v) is 5.77. The predicted octanol–water partition coefficient (Wildman–Crippen LogP) is 3.35. The van der Waals surface area contributed by atoms with Crippen LogP contribution in [-0.2, 0) is 4.74 Å². The summed E-state index contributed by atoms with van der Waals surface area (Å²) in [4.78, 5) is 13.4. The average molecular weight is 352 g/mol. The molecule has 0 saturated carbocycles. The van der Waals surface area contributed by atoms with E-state index < -0.39 is 0 Å². The first-order valence-electron chi connectivity index (χ1n) is 7.02. The van der Waals surface area contributed by atoms with E-state index in [1.165, 1.54) is 0 Å². The third-order valence-corrected chi connectivity index (χ3v) is 4.14. The lowest BCUT2D eigenvalue weighted by molar-refractivity contribution is 0.0983. The molecule has 1 aliphatic heterocycles. The number of nitrogens with zero attached hydrogens (tertiary/aromatic N) is 2. The first kappa shape index (κ1) is 15.6. The van der Waals surface area contributed by atoms with Crippen molar-refractivity contribution >= 4 is 27.7 Å². The van der Waals surface area contributed by atoms with Crippen LogP contribution in [0.4, 0.5) is 10.5 Å². The van der Waals surface area contributed by atoms with Gasteiger partial charge < -0.3 is 15.0 Å². The number of rotatable bonds is 3. The monoisotopic (exact) mass is 351 g/mol. The molecule has 1 heterocycles. The van der Waals surface area contributed by atoms with Gasteiger partial charge in [0.15, 0.2) is 0 Å². The number of nitriles is 1. The fraction of sp³-hybridized carbons (Fsp3) is 0.467. The Balaban J connectivity index is 1.88. The van der Waals surface area contributed by atoms with Crippen molar-refractivity contribution < 1.29 is 9.53 Å². The number of piperidine rings is 1. The Morgan fingerprint density at radius 1 is 1.52 bits per heavy atom. The van der Waals surface area contributed by atoms with Crippen molar-refractivity contribution in [3.8, 4) is 6.07 Å². The Kier molecular flexibility index (Phi) is 5.45. The van der Waals surface area contributed by atoms with E-state index in [1.54, 1.807) is 11.0 Å². The second kappa shape index (κ2) is 7.32. The molecule has 2 rings (SSSR count). The zero-order chi connectivity index (χ0) is 15.2. The number of anilines is 1. The van der Waals surface area contributed by atoms with Crippen LogP contribution in [0, 0.1) is 11.3 Å². The van der Waals surface area contributed by atoms with Crippen molar-refractivity contribution in [2.45, 2.75) is 25.8 Å². The van der Waals surface area contributed by atoms with E-state index in [1.807, 2.05) is 19.1 Å². The van der Waals surface area contributed by atoms with Crippen molar-refractivity contribution in [2.75, 3.05) is 25.0 Å². The quantitative estimate of drug-likeness (QED) is 0.906. The molecule has 5 nitrogen and oxygen atoms in total. The maximum absolute atomic E-state index is 11.6. The molecule has 0 aliphatic carbocycles. The molecule has 1 aromatic carbocycles. The van der Waals surface area contributed by atoms with Gasteiger partial charge in [0, 0.05) is 29.3 Å². The van der Waals surface area contributed by atoms with E-state index >= 15 is 0 Å². The Bertz CT molecular complexity index is 548. The number of amides is 1. The molecule has 0 spiro atoms. The molecule has 0 radical (unpaired) electrons. The number of nitrogens with one attached hydrogen (secondary N) is 1. The van der Waals surface area contributed by atoms with Gasteiger partial charge in [-0.1, -0.05) is 0 Å². The highest BCUT2D eigenvalue weighted by atomic mass is 79.9. The van der Waals surface area contributed by atoms with Gasteiger partial charge in [0.1, 0.15) is 6.07 Å². The Morgan fingerprint density at radius 2 is 2.24 bits per heavy atom. The van der Waals surface area contributed by atoms with Gasteiger partial charge in [-0.3, -0.25) is 0 Å². The summed E-state index contributed by atoms with van der Waals surface area (Å²) in [5, 5.41) is 12.4. The summed E-state index contributed by atoms with van der Waals surface area (Å²) < 4.78 is 5.80. The SMILES string of the molecule is CCOC(=O)N1CCC(Nc2ccc(C#N)c(Br)c2)CC1. The van der Waals surface area contributed by atoms with Crippen LogP contribution in [0.3, 0.4) is 0 Å². The second-order valence-electron chi connectivity index (χ2n) is 4.91. The first-order valence-corrected chi connectivity index (χ1v) is 7.81. The molecule has 1 N–H and O–H groups in total. The zero-order valence-corrected chi connectivity index (χ0v) is 13.5. The lowest BCUT2D eigenvalue weighted by atomic mass is 10.0. The van der Waals surface area contributed by atoms with Crippen molar-refractivity contribution in [2.24, 2.45) is 0 Å². The van der Waals surface area contributed by atoms with E-state index in [-0.39, 0.29) is 6.09 Å². The third-order valence-electron chi connectivity index (χ3n) is 3.48.